The van der Waals surface area contributed by atoms with Gasteiger partial charge in [0.05, 0.1) is 12.2 Å². The molecule has 1 spiro atoms. The summed E-state index contributed by atoms with van der Waals surface area (Å²) in [6.07, 6.45) is 8.61. The monoisotopic (exact) mass is 383 g/mol. The van der Waals surface area contributed by atoms with Crippen LogP contribution < -0.4 is 4.74 Å². The maximum Gasteiger partial charge on any atom is 0.174 e. The van der Waals surface area contributed by atoms with Gasteiger partial charge in [-0.25, -0.2) is 0 Å². The van der Waals surface area contributed by atoms with Gasteiger partial charge in [-0.2, -0.15) is 5.26 Å². The second-order valence-corrected chi connectivity index (χ2v) is 9.27. The molecule has 6 atom stereocenters. The van der Waals surface area contributed by atoms with E-state index in [0.717, 1.165) is 50.7 Å². The molecule has 2 fully saturated rings. The molecule has 3 aliphatic carbocycles. The van der Waals surface area contributed by atoms with E-state index in [2.05, 4.69) is 19.1 Å². The molecule has 1 aromatic carbocycles. The molecule has 4 nitrogen and oxygen atoms in total. The molecule has 2 saturated carbocycles. The van der Waals surface area contributed by atoms with Crippen LogP contribution in [0.15, 0.2) is 18.2 Å². The van der Waals surface area contributed by atoms with Crippen molar-refractivity contribution in [3.8, 4) is 11.8 Å². The Kier molecular flexibility index (Phi) is 5.67. The standard InChI is InChI=1S/C24H33NO3/c1-2-3-4-7-19(26)14-18-15-24(18)21-12-16-6-5-8-22(28-10-9-25)20(16)11-17(21)13-23(24)27/h5-6,8,17-19,21,23,26-27H,2-4,7,10-15H2,1H3/t17-,18-,19-,21-,23+,24+/m0/s1. The average Bonchev–Trinajstić information content (AvgIpc) is 3.33. The molecule has 0 saturated heterocycles. The van der Waals surface area contributed by atoms with Gasteiger partial charge in [-0.3, -0.25) is 0 Å². The van der Waals surface area contributed by atoms with Crippen molar-refractivity contribution in [1.29, 1.82) is 5.26 Å². The number of hydrogen-bond donors (Lipinski definition) is 2. The Labute approximate surface area is 168 Å². The summed E-state index contributed by atoms with van der Waals surface area (Å²) in [6, 6.07) is 8.22. The van der Waals surface area contributed by atoms with Crippen LogP contribution in [-0.2, 0) is 12.8 Å². The van der Waals surface area contributed by atoms with E-state index in [-0.39, 0.29) is 24.2 Å². The summed E-state index contributed by atoms with van der Waals surface area (Å²) in [6.45, 7) is 2.27. The number of hydrogen-bond acceptors (Lipinski definition) is 4. The van der Waals surface area contributed by atoms with Gasteiger partial charge in [0, 0.05) is 5.41 Å². The van der Waals surface area contributed by atoms with Crippen LogP contribution in [0.3, 0.4) is 0 Å². The minimum absolute atomic E-state index is 0.0254. The normalized spacial score (nSPS) is 33.8. The number of benzene rings is 1. The summed E-state index contributed by atoms with van der Waals surface area (Å²) in [4.78, 5) is 0. The van der Waals surface area contributed by atoms with Crippen LogP contribution in [0.5, 0.6) is 5.75 Å². The van der Waals surface area contributed by atoms with Gasteiger partial charge in [0.1, 0.15) is 11.8 Å². The molecule has 3 aliphatic rings. The van der Waals surface area contributed by atoms with E-state index in [1.54, 1.807) is 0 Å². The Bertz CT molecular complexity index is 742. The van der Waals surface area contributed by atoms with E-state index >= 15 is 0 Å². The highest BCUT2D eigenvalue weighted by Gasteiger charge is 2.68. The van der Waals surface area contributed by atoms with Crippen molar-refractivity contribution in [3.05, 3.63) is 29.3 Å². The van der Waals surface area contributed by atoms with E-state index in [0.29, 0.717) is 17.8 Å². The predicted octanol–water partition coefficient (Wildman–Crippen LogP) is 4.02. The smallest absolute Gasteiger partial charge is 0.174 e. The fourth-order valence-corrected chi connectivity index (χ4v) is 6.33. The third kappa shape index (κ3) is 3.44. The topological polar surface area (TPSA) is 73.5 Å². The van der Waals surface area contributed by atoms with Crippen molar-refractivity contribution in [2.75, 3.05) is 6.61 Å². The molecule has 0 amide bonds. The van der Waals surface area contributed by atoms with Gasteiger partial charge in [0.25, 0.3) is 0 Å². The van der Waals surface area contributed by atoms with Crippen LogP contribution in [0.2, 0.25) is 0 Å². The van der Waals surface area contributed by atoms with Crippen LogP contribution in [0.25, 0.3) is 0 Å². The largest absolute Gasteiger partial charge is 0.478 e. The predicted molar refractivity (Wildman–Crippen MR) is 108 cm³/mol. The number of aliphatic hydroxyl groups is 2. The Morgan fingerprint density at radius 3 is 2.96 bits per heavy atom. The molecule has 1 aromatic rings. The molecule has 0 radical (unpaired) electrons. The fraction of sp³-hybridized carbons (Fsp3) is 0.708. The second kappa shape index (κ2) is 8.05. The van der Waals surface area contributed by atoms with Gasteiger partial charge in [0.15, 0.2) is 6.61 Å². The summed E-state index contributed by atoms with van der Waals surface area (Å²) >= 11 is 0. The van der Waals surface area contributed by atoms with Crippen LogP contribution >= 0.6 is 0 Å². The zero-order valence-corrected chi connectivity index (χ0v) is 16.9. The number of nitriles is 1. The molecule has 0 aromatic heterocycles. The summed E-state index contributed by atoms with van der Waals surface area (Å²) in [7, 11) is 0. The molecule has 0 unspecified atom stereocenters. The Morgan fingerprint density at radius 2 is 2.18 bits per heavy atom. The highest BCUT2D eigenvalue weighted by atomic mass is 16.5. The summed E-state index contributed by atoms with van der Waals surface area (Å²) in [5.41, 5.74) is 2.58. The van der Waals surface area contributed by atoms with Crippen LogP contribution in [-0.4, -0.2) is 29.0 Å². The van der Waals surface area contributed by atoms with Crippen molar-refractivity contribution in [2.24, 2.45) is 23.2 Å². The molecular weight excluding hydrogens is 350 g/mol. The lowest BCUT2D eigenvalue weighted by Gasteiger charge is -2.33. The van der Waals surface area contributed by atoms with Crippen LogP contribution in [0.4, 0.5) is 0 Å². The van der Waals surface area contributed by atoms with Crippen molar-refractivity contribution in [2.45, 2.75) is 76.9 Å². The number of ether oxygens (including phenoxy) is 1. The van der Waals surface area contributed by atoms with Gasteiger partial charge >= 0.3 is 0 Å². The van der Waals surface area contributed by atoms with E-state index in [4.69, 9.17) is 10.00 Å². The second-order valence-electron chi connectivity index (χ2n) is 9.27. The van der Waals surface area contributed by atoms with Gasteiger partial charge < -0.3 is 14.9 Å². The number of rotatable bonds is 8. The zero-order chi connectivity index (χ0) is 19.7. The first kappa shape index (κ1) is 19.7. The third-order valence-corrected chi connectivity index (χ3v) is 7.73. The average molecular weight is 384 g/mol. The molecule has 4 heteroatoms. The van der Waals surface area contributed by atoms with E-state index in [1.807, 2.05) is 12.1 Å². The quantitative estimate of drug-likeness (QED) is 0.665. The van der Waals surface area contributed by atoms with Crippen LogP contribution in [0, 0.1) is 34.5 Å². The lowest BCUT2D eigenvalue weighted by Crippen LogP contribution is -2.30. The number of aliphatic hydroxyl groups excluding tert-OH is 2. The van der Waals surface area contributed by atoms with Gasteiger partial charge in [-0.15, -0.1) is 0 Å². The van der Waals surface area contributed by atoms with Crippen molar-refractivity contribution >= 4 is 0 Å². The van der Waals surface area contributed by atoms with Crippen LogP contribution in [0.1, 0.15) is 63.0 Å². The lowest BCUT2D eigenvalue weighted by molar-refractivity contribution is 0.0737. The first-order valence-electron chi connectivity index (χ1n) is 11.1. The maximum atomic E-state index is 11.0. The minimum Gasteiger partial charge on any atom is -0.478 e. The van der Waals surface area contributed by atoms with Crippen molar-refractivity contribution < 1.29 is 14.9 Å². The Morgan fingerprint density at radius 1 is 1.32 bits per heavy atom. The van der Waals surface area contributed by atoms with Gasteiger partial charge in [-0.1, -0.05) is 38.3 Å². The lowest BCUT2D eigenvalue weighted by atomic mass is 9.72. The third-order valence-electron chi connectivity index (χ3n) is 7.73. The molecule has 0 heterocycles. The maximum absolute atomic E-state index is 11.0. The number of nitrogens with zero attached hydrogens (tertiary/aromatic N) is 1. The first-order valence-corrected chi connectivity index (χ1v) is 11.1. The number of unbranched alkanes of at least 4 members (excludes halogenated alkanes) is 2. The SMILES string of the molecule is CCCCC[C@H](O)C[C@H]1C[C@@]12[C@H](O)C[C@@H]1Cc3c(cccc3OCC#N)C[C@@H]12. The van der Waals surface area contributed by atoms with E-state index in [9.17, 15) is 10.2 Å². The molecule has 28 heavy (non-hydrogen) atoms. The Balaban J connectivity index is 1.46. The van der Waals surface area contributed by atoms with Gasteiger partial charge in [-0.05, 0) is 73.5 Å². The summed E-state index contributed by atoms with van der Waals surface area (Å²) in [5, 5.41) is 30.3. The van der Waals surface area contributed by atoms with Crippen molar-refractivity contribution in [1.82, 2.24) is 0 Å². The van der Waals surface area contributed by atoms with E-state index < -0.39 is 0 Å². The summed E-state index contributed by atoms with van der Waals surface area (Å²) in [5.74, 6) is 2.30. The van der Waals surface area contributed by atoms with Crippen molar-refractivity contribution in [3.63, 3.8) is 0 Å². The Hall–Kier alpha value is -1.57. The highest BCUT2D eigenvalue weighted by Crippen LogP contribution is 2.70. The minimum atomic E-state index is -0.242. The van der Waals surface area contributed by atoms with E-state index in [1.165, 1.54) is 24.0 Å². The van der Waals surface area contributed by atoms with Gasteiger partial charge in [0.2, 0.25) is 0 Å². The molecule has 0 aliphatic heterocycles. The first-order chi connectivity index (χ1) is 13.6. The zero-order valence-electron chi connectivity index (χ0n) is 16.9. The fourth-order valence-electron chi connectivity index (χ4n) is 6.33. The molecule has 0 bridgehead atoms. The number of fused-ring (bicyclic) bond motifs is 3. The molecule has 152 valence electrons. The highest BCUT2D eigenvalue weighted by molar-refractivity contribution is 5.44. The summed E-state index contributed by atoms with van der Waals surface area (Å²) < 4.78 is 5.66. The molecule has 2 N–H and O–H groups in total. The molecular formula is C24H33NO3. The molecule has 4 rings (SSSR count).